The second-order valence-corrected chi connectivity index (χ2v) is 6.98. The predicted molar refractivity (Wildman–Crippen MR) is 96.8 cm³/mol. The Bertz CT molecular complexity index is 647. The maximum atomic E-state index is 12.2. The van der Waals surface area contributed by atoms with Crippen molar-refractivity contribution in [3.05, 3.63) is 46.3 Å². The lowest BCUT2D eigenvalue weighted by Crippen LogP contribution is -2.45. The van der Waals surface area contributed by atoms with Crippen LogP contribution < -0.4 is 10.2 Å². The average Bonchev–Trinajstić information content (AvgIpc) is 3.07. The first kappa shape index (κ1) is 16.9. The summed E-state index contributed by atoms with van der Waals surface area (Å²) in [6.45, 7) is 6.42. The van der Waals surface area contributed by atoms with Crippen molar-refractivity contribution in [2.24, 2.45) is 0 Å². The van der Waals surface area contributed by atoms with Gasteiger partial charge in [-0.3, -0.25) is 4.79 Å². The van der Waals surface area contributed by atoms with E-state index in [0.29, 0.717) is 12.1 Å². The van der Waals surface area contributed by atoms with E-state index < -0.39 is 0 Å². The van der Waals surface area contributed by atoms with Gasteiger partial charge in [0.15, 0.2) is 0 Å². The molecule has 1 fully saturated rings. The minimum atomic E-state index is -0.0759. The van der Waals surface area contributed by atoms with E-state index in [1.807, 2.05) is 17.5 Å². The molecule has 0 saturated carbocycles. The summed E-state index contributed by atoms with van der Waals surface area (Å²) >= 11 is 1.67. The molecule has 24 heavy (non-hydrogen) atoms. The number of hydrogen-bond donors (Lipinski definition) is 1. The fourth-order valence-corrected chi connectivity index (χ4v) is 3.63. The summed E-state index contributed by atoms with van der Waals surface area (Å²) in [7, 11) is 0. The lowest BCUT2D eigenvalue weighted by molar-refractivity contribution is -0.00546. The topological polar surface area (TPSA) is 54.5 Å². The molecule has 0 unspecified atom stereocenters. The number of ether oxygens (including phenoxy) is 1. The van der Waals surface area contributed by atoms with Crippen LogP contribution in [0.2, 0.25) is 0 Å². The van der Waals surface area contributed by atoms with Crippen molar-refractivity contribution in [3.63, 3.8) is 0 Å². The van der Waals surface area contributed by atoms with Crippen LogP contribution in [0, 0.1) is 0 Å². The highest BCUT2D eigenvalue weighted by molar-refractivity contribution is 7.07. The monoisotopic (exact) mass is 345 g/mol. The molecule has 0 aromatic carbocycles. The van der Waals surface area contributed by atoms with Crippen molar-refractivity contribution in [1.29, 1.82) is 0 Å². The molecular weight excluding hydrogens is 322 g/mol. The normalized spacial score (nSPS) is 20.8. The number of nitrogens with zero attached hydrogens (tertiary/aromatic N) is 2. The van der Waals surface area contributed by atoms with Crippen LogP contribution in [0.5, 0.6) is 0 Å². The highest BCUT2D eigenvalue weighted by Crippen LogP contribution is 2.18. The molecule has 1 aliphatic heterocycles. The zero-order valence-corrected chi connectivity index (χ0v) is 14.9. The first-order chi connectivity index (χ1) is 11.6. The second-order valence-electron chi connectivity index (χ2n) is 6.20. The van der Waals surface area contributed by atoms with Crippen molar-refractivity contribution in [1.82, 2.24) is 10.3 Å². The number of morpholine rings is 1. The third-order valence-electron chi connectivity index (χ3n) is 4.03. The molecule has 0 aliphatic carbocycles. The molecule has 0 bridgehead atoms. The summed E-state index contributed by atoms with van der Waals surface area (Å²) in [5.41, 5.74) is 1.85. The Morgan fingerprint density at radius 3 is 2.75 bits per heavy atom. The fourth-order valence-electron chi connectivity index (χ4n) is 2.93. The average molecular weight is 345 g/mol. The van der Waals surface area contributed by atoms with Crippen LogP contribution in [0.3, 0.4) is 0 Å². The fraction of sp³-hybridized carbons (Fsp3) is 0.444. The molecule has 6 heteroatoms. The van der Waals surface area contributed by atoms with Gasteiger partial charge in [0.05, 0.1) is 17.8 Å². The van der Waals surface area contributed by atoms with Crippen LogP contribution >= 0.6 is 11.3 Å². The maximum Gasteiger partial charge on any atom is 0.252 e. The molecule has 3 rings (SSSR count). The number of hydrogen-bond acceptors (Lipinski definition) is 5. The Morgan fingerprint density at radius 1 is 1.33 bits per heavy atom. The van der Waals surface area contributed by atoms with Crippen molar-refractivity contribution in [3.8, 4) is 0 Å². The van der Waals surface area contributed by atoms with Gasteiger partial charge in [-0.05, 0) is 54.8 Å². The first-order valence-electron chi connectivity index (χ1n) is 8.27. The van der Waals surface area contributed by atoms with E-state index in [1.165, 1.54) is 5.56 Å². The van der Waals surface area contributed by atoms with E-state index in [2.05, 4.69) is 40.5 Å². The maximum absolute atomic E-state index is 12.2. The number of thiophene rings is 1. The number of pyridine rings is 1. The largest absolute Gasteiger partial charge is 0.372 e. The molecule has 1 aliphatic rings. The molecule has 2 aromatic heterocycles. The molecular formula is C18H23N3O2S. The highest BCUT2D eigenvalue weighted by Gasteiger charge is 2.23. The summed E-state index contributed by atoms with van der Waals surface area (Å²) in [4.78, 5) is 18.8. The van der Waals surface area contributed by atoms with Gasteiger partial charge in [0.2, 0.25) is 0 Å². The van der Waals surface area contributed by atoms with Gasteiger partial charge >= 0.3 is 0 Å². The van der Waals surface area contributed by atoms with Gasteiger partial charge in [0.1, 0.15) is 5.82 Å². The molecule has 128 valence electrons. The Morgan fingerprint density at radius 2 is 2.12 bits per heavy atom. The van der Waals surface area contributed by atoms with E-state index in [1.54, 1.807) is 17.5 Å². The summed E-state index contributed by atoms with van der Waals surface area (Å²) < 4.78 is 5.74. The van der Waals surface area contributed by atoms with Crippen molar-refractivity contribution >= 4 is 23.1 Å². The number of carbonyl (C=O) groups is 1. The van der Waals surface area contributed by atoms with Crippen LogP contribution in [0.1, 0.15) is 29.8 Å². The molecule has 5 nitrogen and oxygen atoms in total. The van der Waals surface area contributed by atoms with Crippen LogP contribution in [0.25, 0.3) is 0 Å². The van der Waals surface area contributed by atoms with Crippen LogP contribution in [-0.4, -0.2) is 42.7 Å². The van der Waals surface area contributed by atoms with Crippen LogP contribution in [-0.2, 0) is 11.2 Å². The zero-order chi connectivity index (χ0) is 16.9. The van der Waals surface area contributed by atoms with E-state index in [4.69, 9.17) is 4.74 Å². The van der Waals surface area contributed by atoms with E-state index in [0.717, 1.165) is 25.3 Å². The molecule has 2 aromatic rings. The summed E-state index contributed by atoms with van der Waals surface area (Å²) in [5.74, 6) is 0.819. The van der Waals surface area contributed by atoms with Gasteiger partial charge in [-0.1, -0.05) is 0 Å². The lowest BCUT2D eigenvalue weighted by atomic mass is 10.2. The quantitative estimate of drug-likeness (QED) is 0.905. The van der Waals surface area contributed by atoms with Gasteiger partial charge in [-0.15, -0.1) is 0 Å². The van der Waals surface area contributed by atoms with Gasteiger partial charge < -0.3 is 15.0 Å². The van der Waals surface area contributed by atoms with E-state index in [-0.39, 0.29) is 18.1 Å². The molecule has 1 saturated heterocycles. The third kappa shape index (κ3) is 4.33. The molecule has 1 amide bonds. The number of rotatable bonds is 5. The molecule has 1 N–H and O–H groups in total. The SMILES string of the molecule is C[C@@H]1CN(c2ccc(C(=O)NCCc3ccsc3)cn2)C[C@H](C)O1. The highest BCUT2D eigenvalue weighted by atomic mass is 32.1. The molecule has 2 atom stereocenters. The van der Waals surface area contributed by atoms with Crippen molar-refractivity contribution in [2.75, 3.05) is 24.5 Å². The van der Waals surface area contributed by atoms with Crippen LogP contribution in [0.15, 0.2) is 35.2 Å². The first-order valence-corrected chi connectivity index (χ1v) is 9.22. The Hall–Kier alpha value is -1.92. The Balaban J connectivity index is 1.54. The number of nitrogens with one attached hydrogen (secondary N) is 1. The number of carbonyl (C=O) groups excluding carboxylic acids is 1. The summed E-state index contributed by atoms with van der Waals surface area (Å²) in [6.07, 6.45) is 2.89. The number of aromatic nitrogens is 1. The number of amides is 1. The van der Waals surface area contributed by atoms with E-state index >= 15 is 0 Å². The Kier molecular flexibility index (Phi) is 5.48. The lowest BCUT2D eigenvalue weighted by Gasteiger charge is -2.36. The third-order valence-corrected chi connectivity index (χ3v) is 4.77. The van der Waals surface area contributed by atoms with Gasteiger partial charge in [-0.2, -0.15) is 11.3 Å². The molecule has 0 radical (unpaired) electrons. The van der Waals surface area contributed by atoms with Gasteiger partial charge in [-0.25, -0.2) is 4.98 Å². The Labute approximate surface area is 146 Å². The van der Waals surface area contributed by atoms with Crippen molar-refractivity contribution < 1.29 is 9.53 Å². The smallest absolute Gasteiger partial charge is 0.252 e. The van der Waals surface area contributed by atoms with Crippen LogP contribution in [0.4, 0.5) is 5.82 Å². The van der Waals surface area contributed by atoms with Crippen molar-refractivity contribution in [2.45, 2.75) is 32.5 Å². The predicted octanol–water partition coefficient (Wildman–Crippen LogP) is 2.73. The molecule has 0 spiro atoms. The van der Waals surface area contributed by atoms with E-state index in [9.17, 15) is 4.79 Å². The summed E-state index contributed by atoms with van der Waals surface area (Å²) in [5, 5.41) is 7.10. The minimum absolute atomic E-state index is 0.0759. The summed E-state index contributed by atoms with van der Waals surface area (Å²) in [6, 6.07) is 5.84. The zero-order valence-electron chi connectivity index (χ0n) is 14.1. The standard InChI is InChI=1S/C18H23N3O2S/c1-13-10-21(11-14(2)23-13)17-4-3-16(9-20-17)18(22)19-7-5-15-6-8-24-12-15/h3-4,6,8-9,12-14H,5,7,10-11H2,1-2H3,(H,19,22)/t13-,14+. The minimum Gasteiger partial charge on any atom is -0.372 e. The number of anilines is 1. The second kappa shape index (κ2) is 7.77. The molecule has 3 heterocycles. The van der Waals surface area contributed by atoms with Gasteiger partial charge in [0, 0.05) is 25.8 Å². The van der Waals surface area contributed by atoms with Gasteiger partial charge in [0.25, 0.3) is 5.91 Å².